The van der Waals surface area contributed by atoms with Crippen LogP contribution in [-0.2, 0) is 4.74 Å². The van der Waals surface area contributed by atoms with Crippen molar-refractivity contribution in [3.63, 3.8) is 0 Å². The van der Waals surface area contributed by atoms with Crippen molar-refractivity contribution in [2.75, 3.05) is 32.8 Å². The molecule has 0 aromatic rings. The Morgan fingerprint density at radius 2 is 2.10 bits per heavy atom. The van der Waals surface area contributed by atoms with Crippen LogP contribution in [0.3, 0.4) is 0 Å². The van der Waals surface area contributed by atoms with Crippen LogP contribution in [0.4, 0.5) is 0 Å². The van der Waals surface area contributed by atoms with Crippen LogP contribution in [0.1, 0.15) is 45.4 Å². The van der Waals surface area contributed by atoms with Crippen molar-refractivity contribution in [3.05, 3.63) is 0 Å². The zero-order valence-corrected chi connectivity index (χ0v) is 12.9. The predicted molar refractivity (Wildman–Crippen MR) is 83.4 cm³/mol. The SMILES string of the molecule is C#CC1(CC(N)COCCN2CCC(CC)CC2)CC1. The van der Waals surface area contributed by atoms with Gasteiger partial charge in [0, 0.05) is 18.0 Å². The lowest BCUT2D eigenvalue weighted by Crippen LogP contribution is -2.37. The van der Waals surface area contributed by atoms with E-state index in [0.29, 0.717) is 6.61 Å². The number of hydrogen-bond acceptors (Lipinski definition) is 3. The van der Waals surface area contributed by atoms with E-state index in [1.165, 1.54) is 32.4 Å². The van der Waals surface area contributed by atoms with Gasteiger partial charge in [0.15, 0.2) is 0 Å². The molecule has 2 N–H and O–H groups in total. The summed E-state index contributed by atoms with van der Waals surface area (Å²) in [5.74, 6) is 3.83. The normalized spacial score (nSPS) is 24.2. The van der Waals surface area contributed by atoms with Crippen molar-refractivity contribution < 1.29 is 4.74 Å². The van der Waals surface area contributed by atoms with E-state index < -0.39 is 0 Å². The molecule has 1 saturated heterocycles. The fourth-order valence-electron chi connectivity index (χ4n) is 3.17. The standard InChI is InChI=1S/C17H30N2O/c1-3-15-5-9-19(10-6-15)11-12-20-14-16(18)13-17(4-2)7-8-17/h2,15-16H,3,5-14,18H2,1H3. The maximum atomic E-state index is 6.10. The zero-order valence-electron chi connectivity index (χ0n) is 12.9. The third kappa shape index (κ3) is 4.77. The molecule has 1 unspecified atom stereocenters. The van der Waals surface area contributed by atoms with Crippen LogP contribution in [0.15, 0.2) is 0 Å². The van der Waals surface area contributed by atoms with E-state index in [1.807, 2.05) is 0 Å². The summed E-state index contributed by atoms with van der Waals surface area (Å²) >= 11 is 0. The Kier molecular flexibility index (Phi) is 5.89. The van der Waals surface area contributed by atoms with Gasteiger partial charge in [0.1, 0.15) is 0 Å². The molecule has 114 valence electrons. The highest BCUT2D eigenvalue weighted by Gasteiger charge is 2.41. The highest BCUT2D eigenvalue weighted by molar-refractivity contribution is 5.15. The van der Waals surface area contributed by atoms with Gasteiger partial charge in [-0.1, -0.05) is 19.3 Å². The van der Waals surface area contributed by atoms with Crippen molar-refractivity contribution in [1.82, 2.24) is 4.90 Å². The summed E-state index contributed by atoms with van der Waals surface area (Å²) in [4.78, 5) is 2.52. The molecule has 1 aliphatic heterocycles. The van der Waals surface area contributed by atoms with Gasteiger partial charge in [-0.3, -0.25) is 0 Å². The largest absolute Gasteiger partial charge is 0.379 e. The smallest absolute Gasteiger partial charge is 0.0618 e. The van der Waals surface area contributed by atoms with Gasteiger partial charge in [-0.15, -0.1) is 6.42 Å². The molecule has 1 saturated carbocycles. The van der Waals surface area contributed by atoms with Crippen molar-refractivity contribution in [2.24, 2.45) is 17.1 Å². The first-order valence-corrected chi connectivity index (χ1v) is 8.21. The number of nitrogens with two attached hydrogens (primary N) is 1. The number of piperidine rings is 1. The van der Waals surface area contributed by atoms with Gasteiger partial charge in [0.05, 0.1) is 13.2 Å². The van der Waals surface area contributed by atoms with Crippen LogP contribution >= 0.6 is 0 Å². The molecule has 1 heterocycles. The third-order valence-corrected chi connectivity index (χ3v) is 4.98. The van der Waals surface area contributed by atoms with E-state index in [4.69, 9.17) is 16.9 Å². The molecule has 0 bridgehead atoms. The van der Waals surface area contributed by atoms with Crippen molar-refractivity contribution in [1.29, 1.82) is 0 Å². The number of ether oxygens (including phenoxy) is 1. The van der Waals surface area contributed by atoms with E-state index in [0.717, 1.165) is 38.3 Å². The Morgan fingerprint density at radius 1 is 1.40 bits per heavy atom. The fraction of sp³-hybridized carbons (Fsp3) is 0.882. The Hall–Kier alpha value is -0.560. The lowest BCUT2D eigenvalue weighted by atomic mass is 9.94. The second-order valence-corrected chi connectivity index (χ2v) is 6.66. The summed E-state index contributed by atoms with van der Waals surface area (Å²) in [5.41, 5.74) is 6.21. The maximum Gasteiger partial charge on any atom is 0.0618 e. The van der Waals surface area contributed by atoms with E-state index in [9.17, 15) is 0 Å². The van der Waals surface area contributed by atoms with Gasteiger partial charge in [0.25, 0.3) is 0 Å². The first-order chi connectivity index (χ1) is 9.67. The average molecular weight is 278 g/mol. The molecule has 0 spiro atoms. The zero-order chi connectivity index (χ0) is 14.4. The molecular weight excluding hydrogens is 248 g/mol. The number of terminal acetylenes is 1. The minimum absolute atomic E-state index is 0.0966. The number of likely N-dealkylation sites (tertiary alicyclic amines) is 1. The molecule has 0 amide bonds. The van der Waals surface area contributed by atoms with Crippen molar-refractivity contribution >= 4 is 0 Å². The Morgan fingerprint density at radius 3 is 2.65 bits per heavy atom. The van der Waals surface area contributed by atoms with E-state index in [-0.39, 0.29) is 11.5 Å². The van der Waals surface area contributed by atoms with Gasteiger partial charge >= 0.3 is 0 Å². The van der Waals surface area contributed by atoms with Crippen LogP contribution in [0.25, 0.3) is 0 Å². The molecule has 3 heteroatoms. The summed E-state index contributed by atoms with van der Waals surface area (Å²) in [7, 11) is 0. The van der Waals surface area contributed by atoms with Gasteiger partial charge in [-0.2, -0.15) is 0 Å². The second kappa shape index (κ2) is 7.45. The molecule has 3 nitrogen and oxygen atoms in total. The van der Waals surface area contributed by atoms with Crippen LogP contribution < -0.4 is 5.73 Å². The molecule has 0 radical (unpaired) electrons. The highest BCUT2D eigenvalue weighted by Crippen LogP contribution is 2.48. The minimum atomic E-state index is 0.0966. The molecule has 20 heavy (non-hydrogen) atoms. The summed E-state index contributed by atoms with van der Waals surface area (Å²) in [6.45, 7) is 7.25. The molecule has 0 aromatic heterocycles. The minimum Gasteiger partial charge on any atom is -0.379 e. The van der Waals surface area contributed by atoms with Crippen LogP contribution in [-0.4, -0.2) is 43.8 Å². The maximum absolute atomic E-state index is 6.10. The van der Waals surface area contributed by atoms with Crippen molar-refractivity contribution in [3.8, 4) is 12.3 Å². The lowest BCUT2D eigenvalue weighted by molar-refractivity contribution is 0.0775. The highest BCUT2D eigenvalue weighted by atomic mass is 16.5. The Labute approximate surface area is 124 Å². The van der Waals surface area contributed by atoms with E-state index in [2.05, 4.69) is 17.7 Å². The third-order valence-electron chi connectivity index (χ3n) is 4.98. The van der Waals surface area contributed by atoms with Crippen LogP contribution in [0.5, 0.6) is 0 Å². The number of hydrogen-bond donors (Lipinski definition) is 1. The second-order valence-electron chi connectivity index (χ2n) is 6.66. The monoisotopic (exact) mass is 278 g/mol. The van der Waals surface area contributed by atoms with Gasteiger partial charge in [0.2, 0.25) is 0 Å². The van der Waals surface area contributed by atoms with Gasteiger partial charge < -0.3 is 15.4 Å². The molecule has 0 aromatic carbocycles. The Balaban J connectivity index is 1.50. The quantitative estimate of drug-likeness (QED) is 0.547. The van der Waals surface area contributed by atoms with Crippen molar-refractivity contribution in [2.45, 2.75) is 51.5 Å². The predicted octanol–water partition coefficient (Wildman–Crippen LogP) is 2.26. The molecule has 2 rings (SSSR count). The molecule has 2 aliphatic rings. The summed E-state index contributed by atoms with van der Waals surface area (Å²) in [6.07, 6.45) is 12.8. The number of rotatable bonds is 8. The van der Waals surface area contributed by atoms with Gasteiger partial charge in [-0.05, 0) is 51.1 Å². The number of nitrogens with zero attached hydrogens (tertiary/aromatic N) is 1. The summed E-state index contributed by atoms with van der Waals surface area (Å²) in [6, 6.07) is 0.0966. The average Bonchev–Trinajstić information content (AvgIpc) is 3.24. The lowest BCUT2D eigenvalue weighted by Gasteiger charge is -2.31. The van der Waals surface area contributed by atoms with Crippen LogP contribution in [0.2, 0.25) is 0 Å². The van der Waals surface area contributed by atoms with E-state index in [1.54, 1.807) is 0 Å². The first-order valence-electron chi connectivity index (χ1n) is 8.21. The summed E-state index contributed by atoms with van der Waals surface area (Å²) in [5, 5.41) is 0. The summed E-state index contributed by atoms with van der Waals surface area (Å²) < 4.78 is 5.73. The molecule has 1 atom stereocenters. The van der Waals surface area contributed by atoms with Gasteiger partial charge in [-0.25, -0.2) is 0 Å². The Bertz CT molecular complexity index is 324. The van der Waals surface area contributed by atoms with E-state index >= 15 is 0 Å². The fourth-order valence-corrected chi connectivity index (χ4v) is 3.17. The topological polar surface area (TPSA) is 38.5 Å². The first kappa shape index (κ1) is 15.8. The molecular formula is C17H30N2O. The van der Waals surface area contributed by atoms with Crippen LogP contribution in [0, 0.1) is 23.7 Å². The molecule has 1 aliphatic carbocycles. The molecule has 2 fully saturated rings.